The number of amides is 1. The molecule has 4 nitrogen and oxygen atoms in total. The highest BCUT2D eigenvalue weighted by atomic mass is 16.5. The van der Waals surface area contributed by atoms with E-state index < -0.39 is 5.91 Å². The van der Waals surface area contributed by atoms with Gasteiger partial charge in [-0.2, -0.15) is 0 Å². The summed E-state index contributed by atoms with van der Waals surface area (Å²) < 4.78 is 6.06. The molecule has 2 atom stereocenters. The van der Waals surface area contributed by atoms with Crippen molar-refractivity contribution < 1.29 is 9.53 Å². The second-order valence-electron chi connectivity index (χ2n) is 7.12. The van der Waals surface area contributed by atoms with E-state index in [0.29, 0.717) is 29.2 Å². The average Bonchev–Trinajstić information content (AvgIpc) is 2.34. The molecule has 0 aromatic heterocycles. The number of anilines is 1. The molecule has 21 heavy (non-hydrogen) atoms. The number of nitrogens with two attached hydrogens (primary N) is 2. The molecule has 0 saturated heterocycles. The summed E-state index contributed by atoms with van der Waals surface area (Å²) in [7, 11) is 0. The third kappa shape index (κ3) is 4.21. The Kier molecular flexibility index (Phi) is 4.57. The van der Waals surface area contributed by atoms with Crippen LogP contribution < -0.4 is 11.5 Å². The van der Waals surface area contributed by atoms with Gasteiger partial charge in [0, 0.05) is 16.8 Å². The summed E-state index contributed by atoms with van der Waals surface area (Å²) in [6.45, 7) is 7.37. The first kappa shape index (κ1) is 15.8. The average molecular weight is 290 g/mol. The number of primary amides is 1. The summed E-state index contributed by atoms with van der Waals surface area (Å²) in [6.07, 6.45) is 3.71. The van der Waals surface area contributed by atoms with Crippen molar-refractivity contribution in [2.24, 2.45) is 17.1 Å². The van der Waals surface area contributed by atoms with E-state index in [9.17, 15) is 4.79 Å². The predicted molar refractivity (Wildman–Crippen MR) is 84.7 cm³/mol. The number of nitrogen functional groups attached to an aromatic ring is 1. The van der Waals surface area contributed by atoms with Crippen LogP contribution in [0.15, 0.2) is 18.2 Å². The number of rotatable bonds is 4. The second-order valence-corrected chi connectivity index (χ2v) is 7.12. The molecule has 1 saturated carbocycles. The van der Waals surface area contributed by atoms with Crippen LogP contribution in [0.25, 0.3) is 0 Å². The van der Waals surface area contributed by atoms with Crippen LogP contribution in [0.5, 0.6) is 0 Å². The Labute approximate surface area is 126 Å². The number of carbonyl (C=O) groups excluding carboxylic acids is 1. The third-order valence-electron chi connectivity index (χ3n) is 4.25. The number of ether oxygens (including phenoxy) is 1. The predicted octanol–water partition coefficient (Wildman–Crippen LogP) is 3.10. The van der Waals surface area contributed by atoms with E-state index in [1.54, 1.807) is 12.1 Å². The molecular weight excluding hydrogens is 264 g/mol. The lowest BCUT2D eigenvalue weighted by atomic mass is 9.71. The molecule has 1 aliphatic carbocycles. The Morgan fingerprint density at radius 2 is 2.10 bits per heavy atom. The summed E-state index contributed by atoms with van der Waals surface area (Å²) in [5, 5.41) is 0. The monoisotopic (exact) mass is 290 g/mol. The van der Waals surface area contributed by atoms with Gasteiger partial charge in [-0.3, -0.25) is 4.79 Å². The molecule has 0 bridgehead atoms. The number of benzene rings is 1. The summed E-state index contributed by atoms with van der Waals surface area (Å²) in [5.74, 6) is 0.227. The van der Waals surface area contributed by atoms with Crippen molar-refractivity contribution in [1.29, 1.82) is 0 Å². The first-order chi connectivity index (χ1) is 9.77. The fourth-order valence-electron chi connectivity index (χ4n) is 3.47. The van der Waals surface area contributed by atoms with Crippen LogP contribution in [0.1, 0.15) is 56.0 Å². The van der Waals surface area contributed by atoms with Crippen LogP contribution in [-0.4, -0.2) is 12.0 Å². The maximum atomic E-state index is 11.1. The molecule has 0 heterocycles. The summed E-state index contributed by atoms with van der Waals surface area (Å²) in [5.41, 5.74) is 13.5. The van der Waals surface area contributed by atoms with Crippen molar-refractivity contribution >= 4 is 11.6 Å². The minimum atomic E-state index is -0.461. The fraction of sp³-hybridized carbons (Fsp3) is 0.588. The van der Waals surface area contributed by atoms with E-state index in [1.165, 1.54) is 6.42 Å². The van der Waals surface area contributed by atoms with Crippen molar-refractivity contribution in [3.63, 3.8) is 0 Å². The van der Waals surface area contributed by atoms with Crippen LogP contribution in [0.3, 0.4) is 0 Å². The Bertz CT molecular complexity index is 526. The van der Waals surface area contributed by atoms with Gasteiger partial charge in [0.15, 0.2) is 0 Å². The van der Waals surface area contributed by atoms with E-state index in [1.807, 2.05) is 6.07 Å². The minimum absolute atomic E-state index is 0.277. The summed E-state index contributed by atoms with van der Waals surface area (Å²) in [4.78, 5) is 11.1. The van der Waals surface area contributed by atoms with Gasteiger partial charge < -0.3 is 16.2 Å². The molecule has 1 aromatic rings. The topological polar surface area (TPSA) is 78.3 Å². The minimum Gasteiger partial charge on any atom is -0.398 e. The van der Waals surface area contributed by atoms with E-state index in [4.69, 9.17) is 16.2 Å². The molecule has 0 radical (unpaired) electrons. The zero-order valence-electron chi connectivity index (χ0n) is 13.2. The van der Waals surface area contributed by atoms with Gasteiger partial charge in [0.2, 0.25) is 5.91 Å². The van der Waals surface area contributed by atoms with E-state index in [2.05, 4.69) is 20.8 Å². The Morgan fingerprint density at radius 3 is 2.67 bits per heavy atom. The van der Waals surface area contributed by atoms with E-state index in [0.717, 1.165) is 18.4 Å². The van der Waals surface area contributed by atoms with Crippen molar-refractivity contribution in [2.45, 2.75) is 52.7 Å². The van der Waals surface area contributed by atoms with Crippen LogP contribution in [0.2, 0.25) is 0 Å². The smallest absolute Gasteiger partial charge is 0.248 e. The van der Waals surface area contributed by atoms with Gasteiger partial charge in [0.25, 0.3) is 0 Å². The molecular formula is C17H26N2O2. The molecule has 2 rings (SSSR count). The van der Waals surface area contributed by atoms with Crippen molar-refractivity contribution in [3.05, 3.63) is 29.3 Å². The van der Waals surface area contributed by atoms with Crippen LogP contribution in [0.4, 0.5) is 5.69 Å². The van der Waals surface area contributed by atoms with Gasteiger partial charge in [-0.15, -0.1) is 0 Å². The second kappa shape index (κ2) is 6.06. The van der Waals surface area contributed by atoms with Gasteiger partial charge >= 0.3 is 0 Å². The highest BCUT2D eigenvalue weighted by Gasteiger charge is 2.32. The SMILES string of the molecule is CC1CC(OCc2ccc(C(N)=O)cc2N)CC(C)(C)C1. The number of hydrogen-bond acceptors (Lipinski definition) is 3. The van der Waals surface area contributed by atoms with Crippen molar-refractivity contribution in [2.75, 3.05) is 5.73 Å². The normalized spacial score (nSPS) is 24.7. The third-order valence-corrected chi connectivity index (χ3v) is 4.25. The first-order valence-electron chi connectivity index (χ1n) is 7.56. The molecule has 4 N–H and O–H groups in total. The lowest BCUT2D eigenvalue weighted by molar-refractivity contribution is -0.0314. The molecule has 4 heteroatoms. The molecule has 116 valence electrons. The van der Waals surface area contributed by atoms with E-state index in [-0.39, 0.29) is 6.10 Å². The first-order valence-corrected chi connectivity index (χ1v) is 7.56. The van der Waals surface area contributed by atoms with Crippen molar-refractivity contribution in [3.8, 4) is 0 Å². The standard InChI is InChI=1S/C17H26N2O2/c1-11-6-14(9-17(2,3)8-11)21-10-13-5-4-12(16(19)20)7-15(13)18/h4-5,7,11,14H,6,8-10,18H2,1-3H3,(H2,19,20). The molecule has 0 spiro atoms. The maximum Gasteiger partial charge on any atom is 0.248 e. The number of hydrogen-bond donors (Lipinski definition) is 2. The molecule has 0 aliphatic heterocycles. The molecule has 1 aliphatic rings. The molecule has 1 fully saturated rings. The summed E-state index contributed by atoms with van der Waals surface area (Å²) >= 11 is 0. The van der Waals surface area contributed by atoms with Crippen LogP contribution in [0, 0.1) is 11.3 Å². The fourth-order valence-corrected chi connectivity index (χ4v) is 3.47. The Hall–Kier alpha value is -1.55. The van der Waals surface area contributed by atoms with Crippen LogP contribution >= 0.6 is 0 Å². The van der Waals surface area contributed by atoms with Crippen LogP contribution in [-0.2, 0) is 11.3 Å². The van der Waals surface area contributed by atoms with Gasteiger partial charge in [-0.25, -0.2) is 0 Å². The molecule has 1 aromatic carbocycles. The van der Waals surface area contributed by atoms with Crippen molar-refractivity contribution in [1.82, 2.24) is 0 Å². The van der Waals surface area contributed by atoms with Gasteiger partial charge in [0.05, 0.1) is 12.7 Å². The number of carbonyl (C=O) groups is 1. The Morgan fingerprint density at radius 1 is 1.38 bits per heavy atom. The lowest BCUT2D eigenvalue weighted by Gasteiger charge is -2.38. The van der Waals surface area contributed by atoms with E-state index >= 15 is 0 Å². The largest absolute Gasteiger partial charge is 0.398 e. The van der Waals surface area contributed by atoms with Gasteiger partial charge in [0.1, 0.15) is 0 Å². The molecule has 1 amide bonds. The lowest BCUT2D eigenvalue weighted by Crippen LogP contribution is -2.32. The quantitative estimate of drug-likeness (QED) is 0.836. The highest BCUT2D eigenvalue weighted by Crippen LogP contribution is 2.40. The summed E-state index contributed by atoms with van der Waals surface area (Å²) in [6, 6.07) is 5.14. The van der Waals surface area contributed by atoms with Gasteiger partial charge in [-0.1, -0.05) is 26.8 Å². The Balaban J connectivity index is 1.98. The maximum absolute atomic E-state index is 11.1. The zero-order valence-corrected chi connectivity index (χ0v) is 13.2. The van der Waals surface area contributed by atoms with Gasteiger partial charge in [-0.05, 0) is 42.7 Å². The highest BCUT2D eigenvalue weighted by molar-refractivity contribution is 5.93. The zero-order chi connectivity index (χ0) is 15.6. The molecule has 2 unspecified atom stereocenters.